The van der Waals surface area contributed by atoms with E-state index >= 15 is 0 Å². The Morgan fingerprint density at radius 2 is 2.45 bits per heavy atom. The lowest BCUT2D eigenvalue weighted by molar-refractivity contribution is -0.128. The predicted octanol–water partition coefficient (Wildman–Crippen LogP) is 1.58. The molecule has 1 saturated heterocycles. The minimum absolute atomic E-state index is 0.0728. The highest BCUT2D eigenvalue weighted by Crippen LogP contribution is 2.22. The van der Waals surface area contributed by atoms with Gasteiger partial charge >= 0.3 is 0 Å². The van der Waals surface area contributed by atoms with Crippen molar-refractivity contribution in [2.45, 2.75) is 43.0 Å². The maximum atomic E-state index is 12.0. The molecule has 20 heavy (non-hydrogen) atoms. The summed E-state index contributed by atoms with van der Waals surface area (Å²) < 4.78 is 0.988. The molecule has 0 spiro atoms. The van der Waals surface area contributed by atoms with Crippen molar-refractivity contribution in [2.75, 3.05) is 12.3 Å². The second kappa shape index (κ2) is 7.64. The van der Waals surface area contributed by atoms with Crippen molar-refractivity contribution in [3.63, 3.8) is 0 Å². The number of carbonyl (C=O) groups excluding carboxylic acids is 2. The molecule has 0 aliphatic carbocycles. The lowest BCUT2D eigenvalue weighted by atomic mass is 10.1. The van der Waals surface area contributed by atoms with Crippen molar-refractivity contribution in [1.82, 2.24) is 15.6 Å². The third-order valence-electron chi connectivity index (χ3n) is 3.01. The van der Waals surface area contributed by atoms with Crippen LogP contribution in [0.15, 0.2) is 9.72 Å². The molecule has 7 heteroatoms. The topological polar surface area (TPSA) is 71.1 Å². The maximum absolute atomic E-state index is 12.0. The molecule has 0 unspecified atom stereocenters. The van der Waals surface area contributed by atoms with E-state index in [0.717, 1.165) is 28.6 Å². The van der Waals surface area contributed by atoms with Gasteiger partial charge in [-0.05, 0) is 25.0 Å². The van der Waals surface area contributed by atoms with Gasteiger partial charge in [0, 0.05) is 11.9 Å². The monoisotopic (exact) mass is 313 g/mol. The van der Waals surface area contributed by atoms with E-state index in [1.807, 2.05) is 5.38 Å². The number of amides is 2. The van der Waals surface area contributed by atoms with Crippen LogP contribution in [0.4, 0.5) is 0 Å². The zero-order chi connectivity index (χ0) is 14.4. The summed E-state index contributed by atoms with van der Waals surface area (Å²) in [6, 6.07) is -0.395. The summed E-state index contributed by atoms with van der Waals surface area (Å²) >= 11 is 3.23. The average molecular weight is 313 g/mol. The van der Waals surface area contributed by atoms with Gasteiger partial charge in [-0.25, -0.2) is 4.98 Å². The van der Waals surface area contributed by atoms with Crippen molar-refractivity contribution >= 4 is 34.9 Å². The zero-order valence-corrected chi connectivity index (χ0v) is 13.1. The van der Waals surface area contributed by atoms with E-state index in [0.29, 0.717) is 13.0 Å². The third kappa shape index (κ3) is 4.49. The Hall–Kier alpha value is -1.08. The Morgan fingerprint density at radius 3 is 3.25 bits per heavy atom. The Kier molecular flexibility index (Phi) is 5.85. The van der Waals surface area contributed by atoms with Gasteiger partial charge in [0.15, 0.2) is 0 Å². The molecule has 0 radical (unpaired) electrons. The van der Waals surface area contributed by atoms with Crippen LogP contribution in [-0.4, -0.2) is 35.1 Å². The van der Waals surface area contributed by atoms with Gasteiger partial charge in [0.05, 0.1) is 12.1 Å². The van der Waals surface area contributed by atoms with E-state index in [1.165, 1.54) is 0 Å². The number of carbonyl (C=O) groups is 2. The van der Waals surface area contributed by atoms with Crippen LogP contribution in [0.25, 0.3) is 0 Å². The maximum Gasteiger partial charge on any atom is 0.242 e. The van der Waals surface area contributed by atoms with Crippen LogP contribution in [0.2, 0.25) is 0 Å². The van der Waals surface area contributed by atoms with Gasteiger partial charge in [-0.2, -0.15) is 0 Å². The van der Waals surface area contributed by atoms with Crippen LogP contribution < -0.4 is 10.6 Å². The van der Waals surface area contributed by atoms with Gasteiger partial charge in [-0.1, -0.05) is 18.7 Å². The second-order valence-corrected chi connectivity index (χ2v) is 6.99. The van der Waals surface area contributed by atoms with Crippen molar-refractivity contribution in [3.8, 4) is 0 Å². The summed E-state index contributed by atoms with van der Waals surface area (Å²) in [4.78, 5) is 28.1. The normalized spacial score (nSPS) is 19.2. The molecule has 2 N–H and O–H groups in total. The van der Waals surface area contributed by atoms with Crippen molar-refractivity contribution in [3.05, 3.63) is 11.1 Å². The zero-order valence-electron chi connectivity index (χ0n) is 11.5. The Bertz CT molecular complexity index is 476. The summed E-state index contributed by atoms with van der Waals surface area (Å²) in [6.45, 7) is 2.78. The number of nitrogens with one attached hydrogen (secondary N) is 2. The largest absolute Gasteiger partial charge is 0.354 e. The molecule has 1 aromatic heterocycles. The lowest BCUT2D eigenvalue weighted by Crippen LogP contribution is -2.46. The van der Waals surface area contributed by atoms with E-state index in [-0.39, 0.29) is 18.2 Å². The quantitative estimate of drug-likeness (QED) is 0.810. The molecule has 1 aromatic rings. The molecule has 0 aromatic carbocycles. The molecule has 0 bridgehead atoms. The van der Waals surface area contributed by atoms with E-state index in [9.17, 15) is 9.59 Å². The highest BCUT2D eigenvalue weighted by atomic mass is 32.2. The standard InChI is InChI=1S/C13H19N3O2S2/c1-2-19-13-15-9(8-20-13)7-11(17)16-10-5-3-4-6-14-12(10)18/h8,10H,2-7H2,1H3,(H,14,18)(H,16,17)/t10-/m0/s1. The predicted molar refractivity (Wildman–Crippen MR) is 81.0 cm³/mol. The number of thioether (sulfide) groups is 1. The molecule has 0 saturated carbocycles. The molecule has 1 atom stereocenters. The van der Waals surface area contributed by atoms with Crippen LogP contribution in [0.1, 0.15) is 31.9 Å². The first-order valence-electron chi connectivity index (χ1n) is 6.83. The average Bonchev–Trinajstić information content (AvgIpc) is 2.74. The molecule has 2 rings (SSSR count). The first kappa shape index (κ1) is 15.3. The molecule has 2 amide bonds. The highest BCUT2D eigenvalue weighted by Gasteiger charge is 2.22. The van der Waals surface area contributed by atoms with Crippen molar-refractivity contribution in [2.24, 2.45) is 0 Å². The highest BCUT2D eigenvalue weighted by molar-refractivity contribution is 8.00. The molecule has 1 fully saturated rings. The fraction of sp³-hybridized carbons (Fsp3) is 0.615. The van der Waals surface area contributed by atoms with Gasteiger partial charge in [-0.3, -0.25) is 9.59 Å². The number of hydrogen-bond acceptors (Lipinski definition) is 5. The van der Waals surface area contributed by atoms with Gasteiger partial charge in [0.1, 0.15) is 10.4 Å². The molecule has 1 aliphatic rings. The second-order valence-electron chi connectivity index (χ2n) is 4.62. The number of rotatable bonds is 5. The summed E-state index contributed by atoms with van der Waals surface area (Å²) in [5.41, 5.74) is 0.775. The number of nitrogens with zero attached hydrogens (tertiary/aromatic N) is 1. The van der Waals surface area contributed by atoms with E-state index in [4.69, 9.17) is 0 Å². The summed E-state index contributed by atoms with van der Waals surface area (Å²) in [5.74, 6) is 0.767. The van der Waals surface area contributed by atoms with Crippen molar-refractivity contribution in [1.29, 1.82) is 0 Å². The van der Waals surface area contributed by atoms with Gasteiger partial charge in [0.25, 0.3) is 0 Å². The molecular weight excluding hydrogens is 294 g/mol. The van der Waals surface area contributed by atoms with Crippen LogP contribution in [0, 0.1) is 0 Å². The van der Waals surface area contributed by atoms with Gasteiger partial charge < -0.3 is 10.6 Å². The molecular formula is C13H19N3O2S2. The van der Waals surface area contributed by atoms with Crippen LogP contribution >= 0.6 is 23.1 Å². The number of aromatic nitrogens is 1. The summed E-state index contributed by atoms with van der Waals surface area (Å²) in [7, 11) is 0. The van der Waals surface area contributed by atoms with Crippen LogP contribution in [0.5, 0.6) is 0 Å². The minimum Gasteiger partial charge on any atom is -0.354 e. The van der Waals surface area contributed by atoms with E-state index < -0.39 is 6.04 Å². The summed E-state index contributed by atoms with van der Waals surface area (Å²) in [5, 5.41) is 7.53. The Morgan fingerprint density at radius 1 is 1.60 bits per heavy atom. The fourth-order valence-corrected chi connectivity index (χ4v) is 3.79. The minimum atomic E-state index is -0.395. The molecule has 2 heterocycles. The fourth-order valence-electron chi connectivity index (χ4n) is 2.05. The SMILES string of the molecule is CCSc1nc(CC(=O)N[C@H]2CCCCNC2=O)cs1. The van der Waals surface area contributed by atoms with E-state index in [2.05, 4.69) is 22.5 Å². The first-order chi connectivity index (χ1) is 9.69. The number of thiazole rings is 1. The van der Waals surface area contributed by atoms with Crippen LogP contribution in [-0.2, 0) is 16.0 Å². The molecule has 110 valence electrons. The van der Waals surface area contributed by atoms with E-state index in [1.54, 1.807) is 23.1 Å². The van der Waals surface area contributed by atoms with Crippen LogP contribution in [0.3, 0.4) is 0 Å². The smallest absolute Gasteiger partial charge is 0.242 e. The van der Waals surface area contributed by atoms with Gasteiger partial charge in [0.2, 0.25) is 11.8 Å². The van der Waals surface area contributed by atoms with Crippen molar-refractivity contribution < 1.29 is 9.59 Å². The summed E-state index contributed by atoms with van der Waals surface area (Å²) in [6.07, 6.45) is 2.88. The van der Waals surface area contributed by atoms with Gasteiger partial charge in [-0.15, -0.1) is 11.3 Å². The Labute approximate surface area is 126 Å². The lowest BCUT2D eigenvalue weighted by Gasteiger charge is -2.14. The molecule has 1 aliphatic heterocycles. The number of hydrogen-bond donors (Lipinski definition) is 2. The third-order valence-corrected chi connectivity index (χ3v) is 4.96. The Balaban J connectivity index is 1.85. The molecule has 5 nitrogen and oxygen atoms in total. The first-order valence-corrected chi connectivity index (χ1v) is 8.70.